The van der Waals surface area contributed by atoms with Crippen LogP contribution >= 0.6 is 0 Å². The van der Waals surface area contributed by atoms with Gasteiger partial charge in [-0.1, -0.05) is 0 Å². The SMILES string of the molecule is CS(=O)(=O)OCc1nnc(NC2CCC(=O)NC2=O)cc1F. The van der Waals surface area contributed by atoms with Crippen LogP contribution in [0.2, 0.25) is 0 Å². The van der Waals surface area contributed by atoms with Crippen molar-refractivity contribution >= 4 is 27.8 Å². The summed E-state index contributed by atoms with van der Waals surface area (Å²) in [5.74, 6) is -1.72. The maximum Gasteiger partial charge on any atom is 0.264 e. The number of nitrogens with zero attached hydrogens (tertiary/aromatic N) is 2. The summed E-state index contributed by atoms with van der Waals surface area (Å²) < 4.78 is 39.9. The van der Waals surface area contributed by atoms with E-state index in [0.717, 1.165) is 12.3 Å². The molecule has 0 spiro atoms. The second kappa shape index (κ2) is 6.32. The number of amides is 2. The van der Waals surface area contributed by atoms with E-state index in [9.17, 15) is 22.4 Å². The van der Waals surface area contributed by atoms with Crippen LogP contribution in [0.4, 0.5) is 10.2 Å². The highest BCUT2D eigenvalue weighted by molar-refractivity contribution is 7.85. The molecule has 1 aliphatic rings. The Hall–Kier alpha value is -2.14. The monoisotopic (exact) mass is 332 g/mol. The molecule has 1 unspecified atom stereocenters. The number of anilines is 1. The molecule has 2 amide bonds. The molecule has 0 bridgehead atoms. The standard InChI is InChI=1S/C11H13FN4O5S/c1-22(19,20)21-5-8-6(12)4-9(16-15-8)13-7-2-3-10(17)14-11(7)18/h4,7H,2-3,5H2,1H3,(H,13,16)(H,14,17,18). The van der Waals surface area contributed by atoms with Crippen LogP contribution in [-0.2, 0) is 30.5 Å². The fourth-order valence-electron chi connectivity index (χ4n) is 1.74. The number of carbonyl (C=O) groups excluding carboxylic acids is 2. The minimum atomic E-state index is -3.72. The molecule has 0 aromatic carbocycles. The summed E-state index contributed by atoms with van der Waals surface area (Å²) in [5, 5.41) is 12.0. The first-order chi connectivity index (χ1) is 10.2. The van der Waals surface area contributed by atoms with E-state index in [2.05, 4.69) is 25.0 Å². The van der Waals surface area contributed by atoms with Gasteiger partial charge in [-0.05, 0) is 6.42 Å². The fourth-order valence-corrected chi connectivity index (χ4v) is 2.06. The molecule has 1 aromatic heterocycles. The first kappa shape index (κ1) is 16.2. The maximum atomic E-state index is 13.8. The summed E-state index contributed by atoms with van der Waals surface area (Å²) in [6.07, 6.45) is 1.25. The van der Waals surface area contributed by atoms with Crippen molar-refractivity contribution in [3.8, 4) is 0 Å². The third-order valence-corrected chi connectivity index (χ3v) is 3.33. The maximum absolute atomic E-state index is 13.8. The highest BCUT2D eigenvalue weighted by Crippen LogP contribution is 2.14. The van der Waals surface area contributed by atoms with Crippen molar-refractivity contribution in [1.82, 2.24) is 15.5 Å². The lowest BCUT2D eigenvalue weighted by Crippen LogP contribution is -2.47. The topological polar surface area (TPSA) is 127 Å². The average molecular weight is 332 g/mol. The lowest BCUT2D eigenvalue weighted by molar-refractivity contribution is -0.133. The largest absolute Gasteiger partial charge is 0.357 e. The van der Waals surface area contributed by atoms with E-state index >= 15 is 0 Å². The Kier molecular flexibility index (Phi) is 4.66. The third kappa shape index (κ3) is 4.43. The molecule has 1 aromatic rings. The van der Waals surface area contributed by atoms with Gasteiger partial charge in [0.15, 0.2) is 11.6 Å². The van der Waals surface area contributed by atoms with Crippen LogP contribution in [0.5, 0.6) is 0 Å². The number of nitrogens with one attached hydrogen (secondary N) is 2. The summed E-state index contributed by atoms with van der Waals surface area (Å²) >= 11 is 0. The van der Waals surface area contributed by atoms with Crippen LogP contribution in [0.3, 0.4) is 0 Å². The molecule has 2 rings (SSSR count). The number of aromatic nitrogens is 2. The van der Waals surface area contributed by atoms with Gasteiger partial charge in [0.2, 0.25) is 11.8 Å². The van der Waals surface area contributed by atoms with Gasteiger partial charge in [0.1, 0.15) is 18.3 Å². The van der Waals surface area contributed by atoms with Gasteiger partial charge in [-0.3, -0.25) is 19.1 Å². The molecule has 120 valence electrons. The van der Waals surface area contributed by atoms with E-state index in [1.165, 1.54) is 0 Å². The molecule has 2 heterocycles. The van der Waals surface area contributed by atoms with E-state index in [0.29, 0.717) is 0 Å². The van der Waals surface area contributed by atoms with Crippen molar-refractivity contribution in [3.63, 3.8) is 0 Å². The molecule has 22 heavy (non-hydrogen) atoms. The quantitative estimate of drug-likeness (QED) is 0.536. The van der Waals surface area contributed by atoms with Gasteiger partial charge in [-0.25, -0.2) is 4.39 Å². The lowest BCUT2D eigenvalue weighted by atomic mass is 10.1. The summed E-state index contributed by atoms with van der Waals surface area (Å²) in [6.45, 7) is -0.573. The molecule has 1 saturated heterocycles. The summed E-state index contributed by atoms with van der Waals surface area (Å²) in [6, 6.07) is 0.252. The zero-order valence-corrected chi connectivity index (χ0v) is 12.3. The van der Waals surface area contributed by atoms with Crippen LogP contribution < -0.4 is 10.6 Å². The van der Waals surface area contributed by atoms with Crippen molar-refractivity contribution in [3.05, 3.63) is 17.6 Å². The molecular weight excluding hydrogens is 319 g/mol. The van der Waals surface area contributed by atoms with Crippen LogP contribution in [-0.4, -0.2) is 42.7 Å². The lowest BCUT2D eigenvalue weighted by Gasteiger charge is -2.22. The van der Waals surface area contributed by atoms with Gasteiger partial charge in [0.25, 0.3) is 10.1 Å². The Morgan fingerprint density at radius 2 is 2.18 bits per heavy atom. The molecule has 1 aliphatic heterocycles. The second-order valence-electron chi connectivity index (χ2n) is 4.64. The Labute approximate surface area is 125 Å². The first-order valence-electron chi connectivity index (χ1n) is 6.21. The Morgan fingerprint density at radius 3 is 2.77 bits per heavy atom. The number of piperidine rings is 1. The van der Waals surface area contributed by atoms with E-state index < -0.39 is 34.5 Å². The molecule has 0 radical (unpaired) electrons. The van der Waals surface area contributed by atoms with Crippen LogP contribution in [0.25, 0.3) is 0 Å². The summed E-state index contributed by atoms with van der Waals surface area (Å²) in [5.41, 5.74) is -0.278. The van der Waals surface area contributed by atoms with Gasteiger partial charge in [0, 0.05) is 12.5 Å². The van der Waals surface area contributed by atoms with E-state index in [4.69, 9.17) is 0 Å². The molecule has 0 aliphatic carbocycles. The highest BCUT2D eigenvalue weighted by Gasteiger charge is 2.27. The predicted molar refractivity (Wildman–Crippen MR) is 71.4 cm³/mol. The van der Waals surface area contributed by atoms with Crippen molar-refractivity contribution in [2.45, 2.75) is 25.5 Å². The number of imide groups is 1. The van der Waals surface area contributed by atoms with Gasteiger partial charge in [-0.2, -0.15) is 8.42 Å². The van der Waals surface area contributed by atoms with Gasteiger partial charge >= 0.3 is 0 Å². The normalized spacial score (nSPS) is 18.9. The van der Waals surface area contributed by atoms with Gasteiger partial charge in [0.05, 0.1) is 6.26 Å². The van der Waals surface area contributed by atoms with Crippen molar-refractivity contribution < 1.29 is 26.6 Å². The molecule has 1 atom stereocenters. The fraction of sp³-hybridized carbons (Fsp3) is 0.455. The van der Waals surface area contributed by atoms with E-state index in [1.807, 2.05) is 0 Å². The second-order valence-corrected chi connectivity index (χ2v) is 6.28. The predicted octanol–water partition coefficient (Wildman–Crippen LogP) is -0.691. The minimum absolute atomic E-state index is 0.00453. The molecule has 11 heteroatoms. The van der Waals surface area contributed by atoms with Crippen LogP contribution in [0.1, 0.15) is 18.5 Å². The summed E-state index contributed by atoms with van der Waals surface area (Å²) in [4.78, 5) is 22.6. The Bertz CT molecular complexity index is 708. The van der Waals surface area contributed by atoms with E-state index in [-0.39, 0.29) is 30.3 Å². The Balaban J connectivity index is 2.03. The molecule has 9 nitrogen and oxygen atoms in total. The molecule has 1 fully saturated rings. The third-order valence-electron chi connectivity index (χ3n) is 2.79. The highest BCUT2D eigenvalue weighted by atomic mass is 32.2. The van der Waals surface area contributed by atoms with Crippen LogP contribution in [0, 0.1) is 5.82 Å². The van der Waals surface area contributed by atoms with Gasteiger partial charge < -0.3 is 5.32 Å². The molecular formula is C11H13FN4O5S. The number of hydrogen-bond acceptors (Lipinski definition) is 8. The van der Waals surface area contributed by atoms with Crippen molar-refractivity contribution in [1.29, 1.82) is 0 Å². The van der Waals surface area contributed by atoms with E-state index in [1.54, 1.807) is 0 Å². The number of halogens is 1. The average Bonchev–Trinajstić information content (AvgIpc) is 2.40. The molecule has 0 saturated carbocycles. The van der Waals surface area contributed by atoms with Gasteiger partial charge in [-0.15, -0.1) is 10.2 Å². The van der Waals surface area contributed by atoms with Crippen molar-refractivity contribution in [2.24, 2.45) is 0 Å². The van der Waals surface area contributed by atoms with Crippen LogP contribution in [0.15, 0.2) is 6.07 Å². The minimum Gasteiger partial charge on any atom is -0.357 e. The number of rotatable bonds is 5. The van der Waals surface area contributed by atoms with Crippen molar-refractivity contribution in [2.75, 3.05) is 11.6 Å². The number of hydrogen-bond donors (Lipinski definition) is 2. The summed E-state index contributed by atoms with van der Waals surface area (Å²) in [7, 11) is -3.72. The Morgan fingerprint density at radius 1 is 1.45 bits per heavy atom. The zero-order valence-electron chi connectivity index (χ0n) is 11.5. The number of carbonyl (C=O) groups is 2. The first-order valence-corrected chi connectivity index (χ1v) is 8.03. The zero-order chi connectivity index (χ0) is 16.3. The molecule has 2 N–H and O–H groups in total. The smallest absolute Gasteiger partial charge is 0.264 e.